The van der Waals surface area contributed by atoms with Crippen LogP contribution in [0.25, 0.3) is 0 Å². The Hall–Kier alpha value is -0.370. The molecule has 34 valence electrons. The molecule has 2 nitrogen and oxygen atoms in total. The molecule has 0 amide bonds. The second kappa shape index (κ2) is 1.92. The highest BCUT2D eigenvalue weighted by molar-refractivity contribution is 5.58. The van der Waals surface area contributed by atoms with E-state index in [2.05, 4.69) is 4.99 Å². The molecule has 1 heterocycles. The van der Waals surface area contributed by atoms with Crippen LogP contribution in [-0.2, 0) is 4.74 Å². The summed E-state index contributed by atoms with van der Waals surface area (Å²) in [6.45, 7) is 2.36. The maximum Gasteiger partial charge on any atom is 0.0815 e. The monoisotopic (exact) mass is 85.1 g/mol. The molecule has 6 heavy (non-hydrogen) atoms. The molecule has 0 aromatic rings. The lowest BCUT2D eigenvalue weighted by Crippen LogP contribution is -2.06. The smallest absolute Gasteiger partial charge is 0.0815 e. The van der Waals surface area contributed by atoms with Gasteiger partial charge in [0.2, 0.25) is 0 Å². The molecule has 0 bridgehead atoms. The molecule has 0 atom stereocenters. The van der Waals surface area contributed by atoms with Gasteiger partial charge < -0.3 is 4.74 Å². The van der Waals surface area contributed by atoms with Gasteiger partial charge in [-0.2, -0.15) is 0 Å². The Balaban J connectivity index is 2.26. The van der Waals surface area contributed by atoms with Crippen LogP contribution in [0.3, 0.4) is 0 Å². The van der Waals surface area contributed by atoms with Crippen molar-refractivity contribution >= 4 is 6.21 Å². The minimum absolute atomic E-state index is 0.708. The van der Waals surface area contributed by atoms with Crippen LogP contribution < -0.4 is 0 Å². The van der Waals surface area contributed by atoms with Gasteiger partial charge in [0.1, 0.15) is 0 Å². The van der Waals surface area contributed by atoms with Crippen molar-refractivity contribution < 1.29 is 4.74 Å². The number of hydrogen-bond acceptors (Lipinski definition) is 2. The van der Waals surface area contributed by atoms with Gasteiger partial charge in [-0.25, -0.2) is 0 Å². The van der Waals surface area contributed by atoms with E-state index in [4.69, 9.17) is 4.74 Å². The molecule has 1 aliphatic rings. The molecule has 0 fully saturated rings. The van der Waals surface area contributed by atoms with E-state index in [1.54, 1.807) is 6.21 Å². The maximum absolute atomic E-state index is 4.92. The Morgan fingerprint density at radius 2 is 2.67 bits per heavy atom. The molecule has 0 radical (unpaired) electrons. The van der Waals surface area contributed by atoms with Crippen molar-refractivity contribution in [2.45, 2.75) is 0 Å². The molecule has 0 saturated heterocycles. The highest BCUT2D eigenvalue weighted by atomic mass is 16.5. The first-order valence-electron chi connectivity index (χ1n) is 2.06. The van der Waals surface area contributed by atoms with Crippen molar-refractivity contribution in [3.63, 3.8) is 0 Å². The predicted octanol–water partition coefficient (Wildman–Crippen LogP) is 0.0874. The summed E-state index contributed by atoms with van der Waals surface area (Å²) in [4.78, 5) is 3.93. The molecule has 2 heteroatoms. The third-order valence-corrected chi connectivity index (χ3v) is 0.686. The standard InChI is InChI=1S/C4H7NO/c1-3-6-4-2-5-1/h1H,2-4H2. The van der Waals surface area contributed by atoms with Gasteiger partial charge in [-0.3, -0.25) is 4.99 Å². The lowest BCUT2D eigenvalue weighted by atomic mass is 10.6. The number of ether oxygens (including phenoxy) is 1. The van der Waals surface area contributed by atoms with E-state index in [0.29, 0.717) is 6.61 Å². The van der Waals surface area contributed by atoms with Gasteiger partial charge >= 0.3 is 0 Å². The van der Waals surface area contributed by atoms with Gasteiger partial charge in [-0.15, -0.1) is 0 Å². The van der Waals surface area contributed by atoms with E-state index in [9.17, 15) is 0 Å². The van der Waals surface area contributed by atoms with Crippen molar-refractivity contribution in [3.8, 4) is 0 Å². The molecular weight excluding hydrogens is 78.0 g/mol. The van der Waals surface area contributed by atoms with E-state index in [-0.39, 0.29) is 0 Å². The molecule has 0 N–H and O–H groups in total. The Bertz CT molecular complexity index is 52.6. The zero-order valence-corrected chi connectivity index (χ0v) is 3.55. The van der Waals surface area contributed by atoms with E-state index < -0.39 is 0 Å². The lowest BCUT2D eigenvalue weighted by molar-refractivity contribution is 0.174. The number of nitrogens with zero attached hydrogens (tertiary/aromatic N) is 1. The normalized spacial score (nSPS) is 21.3. The van der Waals surface area contributed by atoms with E-state index in [1.807, 2.05) is 0 Å². The Morgan fingerprint density at radius 3 is 2.83 bits per heavy atom. The SMILES string of the molecule is C1=NCCOC1. The summed E-state index contributed by atoms with van der Waals surface area (Å²) in [5.41, 5.74) is 0. The molecule has 0 saturated carbocycles. The zero-order valence-electron chi connectivity index (χ0n) is 3.55. The largest absolute Gasteiger partial charge is 0.374 e. The van der Waals surface area contributed by atoms with E-state index in [0.717, 1.165) is 13.2 Å². The number of aliphatic imine (C=N–C) groups is 1. The fourth-order valence-electron chi connectivity index (χ4n) is 0.397. The summed E-state index contributed by atoms with van der Waals surface area (Å²) >= 11 is 0. The van der Waals surface area contributed by atoms with Crippen LogP contribution in [0, 0.1) is 0 Å². The minimum atomic E-state index is 0.708. The van der Waals surface area contributed by atoms with Crippen molar-refractivity contribution in [2.24, 2.45) is 4.99 Å². The average molecular weight is 85.1 g/mol. The van der Waals surface area contributed by atoms with Crippen LogP contribution in [0.1, 0.15) is 0 Å². The Labute approximate surface area is 36.8 Å². The Morgan fingerprint density at radius 1 is 1.67 bits per heavy atom. The second-order valence-electron chi connectivity index (χ2n) is 1.16. The number of hydrogen-bond donors (Lipinski definition) is 0. The van der Waals surface area contributed by atoms with Gasteiger partial charge in [0.15, 0.2) is 0 Å². The second-order valence-corrected chi connectivity index (χ2v) is 1.16. The first-order valence-corrected chi connectivity index (χ1v) is 2.06. The fraction of sp³-hybridized carbons (Fsp3) is 0.750. The molecule has 1 rings (SSSR count). The van der Waals surface area contributed by atoms with Crippen LogP contribution in [0.4, 0.5) is 0 Å². The highest BCUT2D eigenvalue weighted by Gasteiger charge is 1.86. The van der Waals surface area contributed by atoms with Crippen molar-refractivity contribution in [3.05, 3.63) is 0 Å². The molecule has 0 aromatic heterocycles. The van der Waals surface area contributed by atoms with Crippen LogP contribution in [0.2, 0.25) is 0 Å². The molecular formula is C4H7NO. The van der Waals surface area contributed by atoms with Crippen molar-refractivity contribution in [2.75, 3.05) is 19.8 Å². The first kappa shape index (κ1) is 3.81. The van der Waals surface area contributed by atoms with Crippen molar-refractivity contribution in [1.29, 1.82) is 0 Å². The van der Waals surface area contributed by atoms with Crippen LogP contribution in [0.5, 0.6) is 0 Å². The topological polar surface area (TPSA) is 21.6 Å². The summed E-state index contributed by atoms with van der Waals surface area (Å²) in [6.07, 6.45) is 1.80. The molecule has 1 aliphatic heterocycles. The third-order valence-electron chi connectivity index (χ3n) is 0.686. The fourth-order valence-corrected chi connectivity index (χ4v) is 0.397. The highest BCUT2D eigenvalue weighted by Crippen LogP contribution is 1.79. The predicted molar refractivity (Wildman–Crippen MR) is 24.2 cm³/mol. The summed E-state index contributed by atoms with van der Waals surface area (Å²) in [5.74, 6) is 0. The zero-order chi connectivity index (χ0) is 4.24. The Kier molecular flexibility index (Phi) is 1.22. The van der Waals surface area contributed by atoms with Gasteiger partial charge in [0.05, 0.1) is 19.8 Å². The van der Waals surface area contributed by atoms with Gasteiger partial charge in [-0.05, 0) is 0 Å². The molecule has 0 aliphatic carbocycles. The number of rotatable bonds is 0. The summed E-state index contributed by atoms with van der Waals surface area (Å²) < 4.78 is 4.92. The third kappa shape index (κ3) is 0.792. The minimum Gasteiger partial charge on any atom is -0.374 e. The van der Waals surface area contributed by atoms with Crippen molar-refractivity contribution in [1.82, 2.24) is 0 Å². The summed E-state index contributed by atoms with van der Waals surface area (Å²) in [7, 11) is 0. The lowest BCUT2D eigenvalue weighted by Gasteiger charge is -2.00. The van der Waals surface area contributed by atoms with Gasteiger partial charge in [0, 0.05) is 6.21 Å². The van der Waals surface area contributed by atoms with E-state index >= 15 is 0 Å². The maximum atomic E-state index is 4.92. The van der Waals surface area contributed by atoms with E-state index in [1.165, 1.54) is 0 Å². The molecule has 0 aromatic carbocycles. The van der Waals surface area contributed by atoms with Crippen LogP contribution >= 0.6 is 0 Å². The average Bonchev–Trinajstić information content (AvgIpc) is 1.72. The first-order chi connectivity index (χ1) is 3.00. The van der Waals surface area contributed by atoms with Gasteiger partial charge in [-0.1, -0.05) is 0 Å². The van der Waals surface area contributed by atoms with Crippen LogP contribution in [0.15, 0.2) is 4.99 Å². The van der Waals surface area contributed by atoms with Gasteiger partial charge in [0.25, 0.3) is 0 Å². The summed E-state index contributed by atoms with van der Waals surface area (Å²) in [6, 6.07) is 0. The summed E-state index contributed by atoms with van der Waals surface area (Å²) in [5, 5.41) is 0. The molecule has 0 unspecified atom stereocenters. The van der Waals surface area contributed by atoms with Crippen LogP contribution in [-0.4, -0.2) is 26.0 Å². The quantitative estimate of drug-likeness (QED) is 0.408. The molecule has 0 spiro atoms.